The van der Waals surface area contributed by atoms with Gasteiger partial charge in [0.05, 0.1) is 5.69 Å². The summed E-state index contributed by atoms with van der Waals surface area (Å²) in [6.45, 7) is 2.24. The first-order chi connectivity index (χ1) is 8.54. The molecule has 18 heavy (non-hydrogen) atoms. The van der Waals surface area contributed by atoms with E-state index in [9.17, 15) is 13.2 Å². The number of hydrogen-bond acceptors (Lipinski definition) is 3. The van der Waals surface area contributed by atoms with Crippen LogP contribution in [0.4, 0.5) is 13.2 Å². The summed E-state index contributed by atoms with van der Waals surface area (Å²) >= 11 is 1.25. The molecule has 0 amide bonds. The van der Waals surface area contributed by atoms with Gasteiger partial charge in [-0.1, -0.05) is 0 Å². The van der Waals surface area contributed by atoms with Crippen LogP contribution in [-0.4, -0.2) is 11.5 Å². The van der Waals surface area contributed by atoms with Gasteiger partial charge >= 0.3 is 0 Å². The number of nitrogens with zero attached hydrogens (tertiary/aromatic N) is 1. The highest BCUT2D eigenvalue weighted by Crippen LogP contribution is 2.31. The number of aryl methyl sites for hydroxylation is 1. The highest BCUT2D eigenvalue weighted by Gasteiger charge is 2.18. The summed E-state index contributed by atoms with van der Waals surface area (Å²) in [5, 5.41) is 0.340. The van der Waals surface area contributed by atoms with Gasteiger partial charge in [0.2, 0.25) is 0 Å². The Morgan fingerprint density at radius 3 is 2.61 bits per heavy atom. The molecule has 2 aromatic rings. The molecule has 1 aromatic carbocycles. The molecule has 0 aliphatic carbocycles. The molecule has 6 heteroatoms. The summed E-state index contributed by atoms with van der Waals surface area (Å²) in [6, 6.07) is 2.09. The van der Waals surface area contributed by atoms with Crippen molar-refractivity contribution < 1.29 is 13.2 Å². The second-order valence-electron chi connectivity index (χ2n) is 3.79. The van der Waals surface area contributed by atoms with Gasteiger partial charge in [0.15, 0.2) is 17.5 Å². The van der Waals surface area contributed by atoms with Gasteiger partial charge in [0.25, 0.3) is 0 Å². The fourth-order valence-electron chi connectivity index (χ4n) is 1.60. The van der Waals surface area contributed by atoms with Crippen LogP contribution in [0.5, 0.6) is 0 Å². The SMILES string of the molecule is Cc1nc(-c2ccc(F)c(F)c2F)sc1CCN. The third-order valence-electron chi connectivity index (χ3n) is 2.53. The molecule has 0 aliphatic heterocycles. The minimum Gasteiger partial charge on any atom is -0.330 e. The van der Waals surface area contributed by atoms with Crippen molar-refractivity contribution in [2.24, 2.45) is 5.73 Å². The molecule has 0 atom stereocenters. The van der Waals surface area contributed by atoms with Crippen LogP contribution in [-0.2, 0) is 6.42 Å². The van der Waals surface area contributed by atoms with E-state index in [4.69, 9.17) is 5.73 Å². The molecule has 2 nitrogen and oxygen atoms in total. The molecular weight excluding hydrogens is 261 g/mol. The van der Waals surface area contributed by atoms with Crippen LogP contribution in [0.2, 0.25) is 0 Å². The van der Waals surface area contributed by atoms with Crippen LogP contribution < -0.4 is 5.73 Å². The van der Waals surface area contributed by atoms with Gasteiger partial charge in [-0.2, -0.15) is 0 Å². The topological polar surface area (TPSA) is 38.9 Å². The average Bonchev–Trinajstić information content (AvgIpc) is 2.68. The lowest BCUT2D eigenvalue weighted by Crippen LogP contribution is -2.01. The van der Waals surface area contributed by atoms with Gasteiger partial charge in [-0.05, 0) is 32.0 Å². The van der Waals surface area contributed by atoms with Gasteiger partial charge in [-0.3, -0.25) is 0 Å². The highest BCUT2D eigenvalue weighted by atomic mass is 32.1. The van der Waals surface area contributed by atoms with E-state index in [1.54, 1.807) is 6.92 Å². The van der Waals surface area contributed by atoms with E-state index >= 15 is 0 Å². The number of benzene rings is 1. The van der Waals surface area contributed by atoms with Crippen LogP contribution >= 0.6 is 11.3 Å². The summed E-state index contributed by atoms with van der Waals surface area (Å²) in [7, 11) is 0. The third-order valence-corrected chi connectivity index (χ3v) is 3.78. The number of nitrogens with two attached hydrogens (primary N) is 1. The van der Waals surface area contributed by atoms with Crippen LogP contribution in [0.3, 0.4) is 0 Å². The zero-order valence-corrected chi connectivity index (χ0v) is 10.5. The zero-order chi connectivity index (χ0) is 13.3. The Bertz CT molecular complexity index is 581. The number of hydrogen-bond donors (Lipinski definition) is 1. The van der Waals surface area contributed by atoms with Crippen molar-refractivity contribution >= 4 is 11.3 Å². The molecule has 0 bridgehead atoms. The first kappa shape index (κ1) is 13.0. The largest absolute Gasteiger partial charge is 0.330 e. The molecule has 0 spiro atoms. The Morgan fingerprint density at radius 1 is 1.22 bits per heavy atom. The molecule has 0 radical (unpaired) electrons. The predicted molar refractivity (Wildman–Crippen MR) is 64.9 cm³/mol. The fraction of sp³-hybridized carbons (Fsp3) is 0.250. The predicted octanol–water partition coefficient (Wildman–Crippen LogP) is 3.04. The number of thiazole rings is 1. The molecule has 2 rings (SSSR count). The zero-order valence-electron chi connectivity index (χ0n) is 9.64. The van der Waals surface area contributed by atoms with Crippen molar-refractivity contribution in [1.29, 1.82) is 0 Å². The van der Waals surface area contributed by atoms with E-state index in [0.717, 1.165) is 16.6 Å². The summed E-state index contributed by atoms with van der Waals surface area (Å²) in [5.41, 5.74) is 6.16. The van der Waals surface area contributed by atoms with Gasteiger partial charge in [0.1, 0.15) is 5.01 Å². The molecule has 0 saturated carbocycles. The summed E-state index contributed by atoms with van der Waals surface area (Å²) < 4.78 is 39.6. The lowest BCUT2D eigenvalue weighted by molar-refractivity contribution is 0.449. The minimum absolute atomic E-state index is 0.0229. The van der Waals surface area contributed by atoms with Crippen molar-refractivity contribution in [2.75, 3.05) is 6.54 Å². The van der Waals surface area contributed by atoms with E-state index in [-0.39, 0.29) is 5.56 Å². The second kappa shape index (κ2) is 5.07. The van der Waals surface area contributed by atoms with Crippen LogP contribution in [0.1, 0.15) is 10.6 Å². The van der Waals surface area contributed by atoms with Crippen molar-refractivity contribution in [3.8, 4) is 10.6 Å². The number of halogens is 3. The molecule has 1 aromatic heterocycles. The Labute approximate surface area is 106 Å². The van der Waals surface area contributed by atoms with Crippen molar-refractivity contribution in [2.45, 2.75) is 13.3 Å². The Morgan fingerprint density at radius 2 is 1.94 bits per heavy atom. The van der Waals surface area contributed by atoms with E-state index in [2.05, 4.69) is 4.98 Å². The standard InChI is InChI=1S/C12H11F3N2S/c1-6-9(4-5-16)18-12(17-6)7-2-3-8(13)11(15)10(7)14/h2-3H,4-5,16H2,1H3. The van der Waals surface area contributed by atoms with Crippen LogP contribution in [0.15, 0.2) is 12.1 Å². The first-order valence-corrected chi connectivity index (χ1v) is 6.16. The smallest absolute Gasteiger partial charge is 0.195 e. The fourth-order valence-corrected chi connectivity index (χ4v) is 2.69. The van der Waals surface area contributed by atoms with E-state index in [1.165, 1.54) is 17.4 Å². The minimum atomic E-state index is -1.47. The van der Waals surface area contributed by atoms with Gasteiger partial charge in [0, 0.05) is 10.4 Å². The number of rotatable bonds is 3. The van der Waals surface area contributed by atoms with Crippen LogP contribution in [0.25, 0.3) is 10.6 Å². The summed E-state index contributed by atoms with van der Waals surface area (Å²) in [6.07, 6.45) is 0.634. The quantitative estimate of drug-likeness (QED) is 0.872. The molecule has 0 aliphatic rings. The highest BCUT2D eigenvalue weighted by molar-refractivity contribution is 7.15. The van der Waals surface area contributed by atoms with Crippen LogP contribution in [0, 0.1) is 24.4 Å². The first-order valence-electron chi connectivity index (χ1n) is 5.34. The molecule has 0 unspecified atom stereocenters. The maximum absolute atomic E-state index is 13.6. The van der Waals surface area contributed by atoms with Crippen molar-refractivity contribution in [3.63, 3.8) is 0 Å². The Balaban J connectivity index is 2.49. The number of aromatic nitrogens is 1. The maximum Gasteiger partial charge on any atom is 0.195 e. The monoisotopic (exact) mass is 272 g/mol. The maximum atomic E-state index is 13.6. The van der Waals surface area contributed by atoms with Crippen molar-refractivity contribution in [1.82, 2.24) is 4.98 Å². The summed E-state index contributed by atoms with van der Waals surface area (Å²) in [5.74, 6) is -3.88. The van der Waals surface area contributed by atoms with Gasteiger partial charge in [-0.15, -0.1) is 11.3 Å². The molecule has 1 heterocycles. The van der Waals surface area contributed by atoms with Gasteiger partial charge < -0.3 is 5.73 Å². The lowest BCUT2D eigenvalue weighted by atomic mass is 10.2. The average molecular weight is 272 g/mol. The molecule has 0 saturated heterocycles. The Hall–Kier alpha value is -1.40. The molecular formula is C12H11F3N2S. The Kier molecular flexibility index (Phi) is 3.68. The van der Waals surface area contributed by atoms with Crippen molar-refractivity contribution in [3.05, 3.63) is 40.2 Å². The van der Waals surface area contributed by atoms with E-state index in [1.807, 2.05) is 0 Å². The van der Waals surface area contributed by atoms with E-state index in [0.29, 0.717) is 18.0 Å². The van der Waals surface area contributed by atoms with Gasteiger partial charge in [-0.25, -0.2) is 18.2 Å². The molecule has 96 valence electrons. The lowest BCUT2D eigenvalue weighted by Gasteiger charge is -2.00. The van der Waals surface area contributed by atoms with E-state index < -0.39 is 17.5 Å². The normalized spacial score (nSPS) is 10.9. The molecule has 2 N–H and O–H groups in total. The second-order valence-corrected chi connectivity index (χ2v) is 4.87. The summed E-state index contributed by atoms with van der Waals surface area (Å²) in [4.78, 5) is 5.09. The third kappa shape index (κ3) is 2.26. The molecule has 0 fully saturated rings.